The smallest absolute Gasteiger partial charge is 0.273 e. The number of rotatable bonds is 4. The lowest BCUT2D eigenvalue weighted by Crippen LogP contribution is -2.42. The number of carbonyl (C=O) groups excluding carboxylic acids is 2. The average molecular weight is 373 g/mol. The van der Waals surface area contributed by atoms with E-state index in [1.54, 1.807) is 12.1 Å². The maximum atomic E-state index is 12.3. The highest BCUT2D eigenvalue weighted by Crippen LogP contribution is 2.28. The number of benzene rings is 1. The van der Waals surface area contributed by atoms with Crippen molar-refractivity contribution in [3.8, 4) is 0 Å². The van der Waals surface area contributed by atoms with Crippen LogP contribution in [0.25, 0.3) is 0 Å². The van der Waals surface area contributed by atoms with Gasteiger partial charge in [0.25, 0.3) is 11.6 Å². The third kappa shape index (κ3) is 4.26. The quantitative estimate of drug-likeness (QED) is 0.489. The number of nitro groups is 1. The standard InChI is InChI=1S/C18H19N3O4S/c22-17(11-12-6-4-5-8-14(12)21(24)25)19-20-18(23)16-10-13-7-2-1-3-9-15(13)26-16/h4-6,8,10H,1-3,7,9,11H2,(H,19,22)(H,20,23). The highest BCUT2D eigenvalue weighted by molar-refractivity contribution is 7.14. The molecule has 1 aliphatic rings. The number of hydrogen-bond donors (Lipinski definition) is 2. The van der Waals surface area contributed by atoms with Gasteiger partial charge in [0.05, 0.1) is 16.2 Å². The molecule has 26 heavy (non-hydrogen) atoms. The number of carbonyl (C=O) groups is 2. The summed E-state index contributed by atoms with van der Waals surface area (Å²) in [5.74, 6) is -0.871. The van der Waals surface area contributed by atoms with Gasteiger partial charge in [-0.05, 0) is 37.3 Å². The minimum atomic E-state index is -0.528. The van der Waals surface area contributed by atoms with E-state index >= 15 is 0 Å². The summed E-state index contributed by atoms with van der Waals surface area (Å²) in [7, 11) is 0. The molecule has 0 unspecified atom stereocenters. The van der Waals surface area contributed by atoms with Crippen molar-refractivity contribution in [1.82, 2.24) is 10.9 Å². The van der Waals surface area contributed by atoms with Crippen molar-refractivity contribution in [1.29, 1.82) is 0 Å². The molecule has 3 rings (SSSR count). The number of nitro benzene ring substituents is 1. The van der Waals surface area contributed by atoms with Crippen molar-refractivity contribution < 1.29 is 14.5 Å². The van der Waals surface area contributed by atoms with Crippen LogP contribution >= 0.6 is 11.3 Å². The Bertz CT molecular complexity index is 823. The summed E-state index contributed by atoms with van der Waals surface area (Å²) in [5, 5.41) is 11.0. The fourth-order valence-electron chi connectivity index (χ4n) is 3.02. The molecule has 0 spiro atoms. The van der Waals surface area contributed by atoms with E-state index in [0.29, 0.717) is 10.4 Å². The largest absolute Gasteiger partial charge is 0.279 e. The van der Waals surface area contributed by atoms with Crippen molar-refractivity contribution in [3.05, 3.63) is 61.3 Å². The molecule has 8 heteroatoms. The van der Waals surface area contributed by atoms with E-state index in [9.17, 15) is 19.7 Å². The Morgan fingerprint density at radius 2 is 1.88 bits per heavy atom. The first-order valence-corrected chi connectivity index (χ1v) is 9.29. The highest BCUT2D eigenvalue weighted by Gasteiger charge is 2.18. The molecule has 7 nitrogen and oxygen atoms in total. The van der Waals surface area contributed by atoms with Crippen LogP contribution in [0, 0.1) is 10.1 Å². The number of hydrogen-bond acceptors (Lipinski definition) is 5. The van der Waals surface area contributed by atoms with E-state index in [0.717, 1.165) is 25.7 Å². The summed E-state index contributed by atoms with van der Waals surface area (Å²) in [5.41, 5.74) is 6.14. The minimum absolute atomic E-state index is 0.115. The van der Waals surface area contributed by atoms with Crippen molar-refractivity contribution in [2.75, 3.05) is 0 Å². The van der Waals surface area contributed by atoms with Crippen molar-refractivity contribution in [3.63, 3.8) is 0 Å². The van der Waals surface area contributed by atoms with Gasteiger partial charge in [-0.2, -0.15) is 0 Å². The van der Waals surface area contributed by atoms with Gasteiger partial charge in [-0.3, -0.25) is 30.6 Å². The Morgan fingerprint density at radius 3 is 2.69 bits per heavy atom. The van der Waals surface area contributed by atoms with Crippen molar-refractivity contribution >= 4 is 28.8 Å². The number of thiophene rings is 1. The van der Waals surface area contributed by atoms with Crippen LogP contribution in [0.4, 0.5) is 5.69 Å². The molecule has 0 radical (unpaired) electrons. The van der Waals surface area contributed by atoms with Crippen LogP contribution in [-0.4, -0.2) is 16.7 Å². The zero-order valence-corrected chi connectivity index (χ0v) is 14.9. The monoisotopic (exact) mass is 373 g/mol. The Labute approximate surface area is 154 Å². The number of aryl methyl sites for hydroxylation is 2. The summed E-state index contributed by atoms with van der Waals surface area (Å²) in [6.07, 6.45) is 5.29. The maximum absolute atomic E-state index is 12.3. The summed E-state index contributed by atoms with van der Waals surface area (Å²) in [6, 6.07) is 7.94. The molecule has 0 bridgehead atoms. The lowest BCUT2D eigenvalue weighted by atomic mass is 10.1. The van der Waals surface area contributed by atoms with Gasteiger partial charge in [0, 0.05) is 16.5 Å². The maximum Gasteiger partial charge on any atom is 0.279 e. The molecule has 136 valence electrons. The topological polar surface area (TPSA) is 101 Å². The molecular formula is C18H19N3O4S. The molecule has 1 heterocycles. The van der Waals surface area contributed by atoms with E-state index < -0.39 is 10.8 Å². The van der Waals surface area contributed by atoms with Gasteiger partial charge in [-0.25, -0.2) is 0 Å². The molecule has 1 aromatic carbocycles. The van der Waals surface area contributed by atoms with Gasteiger partial charge < -0.3 is 0 Å². The first kappa shape index (κ1) is 18.1. The first-order chi connectivity index (χ1) is 12.5. The third-order valence-corrected chi connectivity index (χ3v) is 5.56. The fourth-order valence-corrected chi connectivity index (χ4v) is 4.17. The second-order valence-electron chi connectivity index (χ2n) is 6.18. The SMILES string of the molecule is O=C(Cc1ccccc1[N+](=O)[O-])NNC(=O)c1cc2c(s1)CCCCC2. The molecule has 0 saturated carbocycles. The van der Waals surface area contributed by atoms with E-state index in [-0.39, 0.29) is 18.0 Å². The van der Waals surface area contributed by atoms with Crippen LogP contribution in [0.5, 0.6) is 0 Å². The Morgan fingerprint density at radius 1 is 1.12 bits per heavy atom. The van der Waals surface area contributed by atoms with Gasteiger partial charge in [-0.1, -0.05) is 24.6 Å². The van der Waals surface area contributed by atoms with Crippen LogP contribution in [0.1, 0.15) is 44.9 Å². The highest BCUT2D eigenvalue weighted by atomic mass is 32.1. The van der Waals surface area contributed by atoms with Crippen LogP contribution in [0.15, 0.2) is 30.3 Å². The van der Waals surface area contributed by atoms with Gasteiger partial charge in [0.15, 0.2) is 0 Å². The van der Waals surface area contributed by atoms with Gasteiger partial charge in [-0.15, -0.1) is 11.3 Å². The minimum Gasteiger partial charge on any atom is -0.273 e. The van der Waals surface area contributed by atoms with Crippen LogP contribution in [0.3, 0.4) is 0 Å². The second-order valence-corrected chi connectivity index (χ2v) is 7.32. The van der Waals surface area contributed by atoms with E-state index in [1.165, 1.54) is 40.3 Å². The van der Waals surface area contributed by atoms with Crippen LogP contribution in [-0.2, 0) is 24.1 Å². The molecule has 2 amide bonds. The first-order valence-electron chi connectivity index (χ1n) is 8.47. The van der Waals surface area contributed by atoms with Gasteiger partial charge in [0.2, 0.25) is 5.91 Å². The zero-order valence-electron chi connectivity index (χ0n) is 14.1. The van der Waals surface area contributed by atoms with E-state index in [2.05, 4.69) is 10.9 Å². The molecule has 2 N–H and O–H groups in total. The Hall–Kier alpha value is -2.74. The number of nitrogens with zero attached hydrogens (tertiary/aromatic N) is 1. The average Bonchev–Trinajstić information content (AvgIpc) is 2.91. The molecular weight excluding hydrogens is 354 g/mol. The van der Waals surface area contributed by atoms with Crippen molar-refractivity contribution in [2.24, 2.45) is 0 Å². The molecule has 1 aromatic heterocycles. The van der Waals surface area contributed by atoms with Crippen molar-refractivity contribution in [2.45, 2.75) is 38.5 Å². The number of hydrazine groups is 1. The number of fused-ring (bicyclic) bond motifs is 1. The molecule has 0 aliphatic heterocycles. The molecule has 0 fully saturated rings. The fraction of sp³-hybridized carbons (Fsp3) is 0.333. The molecule has 2 aromatic rings. The zero-order chi connectivity index (χ0) is 18.5. The Balaban J connectivity index is 1.58. The number of amides is 2. The van der Waals surface area contributed by atoms with E-state index in [1.807, 2.05) is 6.07 Å². The van der Waals surface area contributed by atoms with Gasteiger partial charge >= 0.3 is 0 Å². The molecule has 1 aliphatic carbocycles. The summed E-state index contributed by atoms with van der Waals surface area (Å²) >= 11 is 1.47. The summed E-state index contributed by atoms with van der Waals surface area (Å²) < 4.78 is 0. The number of nitrogens with one attached hydrogen (secondary N) is 2. The lowest BCUT2D eigenvalue weighted by Gasteiger charge is -2.06. The normalized spacial score (nSPS) is 13.4. The second kappa shape index (κ2) is 8.09. The number of para-hydroxylation sites is 1. The molecule has 0 saturated heterocycles. The third-order valence-electron chi connectivity index (χ3n) is 4.33. The predicted octanol–water partition coefficient (Wildman–Crippen LogP) is 2.93. The predicted molar refractivity (Wildman–Crippen MR) is 98.0 cm³/mol. The van der Waals surface area contributed by atoms with Crippen LogP contribution < -0.4 is 10.9 Å². The Kier molecular flexibility index (Phi) is 5.62. The van der Waals surface area contributed by atoms with E-state index in [4.69, 9.17) is 0 Å². The summed E-state index contributed by atoms with van der Waals surface area (Å²) in [6.45, 7) is 0. The van der Waals surface area contributed by atoms with Crippen LogP contribution in [0.2, 0.25) is 0 Å². The van der Waals surface area contributed by atoms with Gasteiger partial charge in [0.1, 0.15) is 0 Å². The summed E-state index contributed by atoms with van der Waals surface area (Å²) in [4.78, 5) is 36.5. The lowest BCUT2D eigenvalue weighted by molar-refractivity contribution is -0.385. The molecule has 0 atom stereocenters.